The molecule has 1 fully saturated rings. The second kappa shape index (κ2) is 7.39. The van der Waals surface area contributed by atoms with E-state index in [-0.39, 0.29) is 15.8 Å². The number of carbonyl (C=O) groups excluding carboxylic acids is 1. The van der Waals surface area contributed by atoms with Gasteiger partial charge in [-0.1, -0.05) is 38.3 Å². The second-order valence-corrected chi connectivity index (χ2v) is 8.37. The van der Waals surface area contributed by atoms with Crippen LogP contribution in [0.1, 0.15) is 39.5 Å². The third kappa shape index (κ3) is 3.74. The fourth-order valence-corrected chi connectivity index (χ4v) is 4.93. The molecule has 0 atom stereocenters. The first-order valence-corrected chi connectivity index (χ1v) is 9.96. The maximum atomic E-state index is 12.7. The predicted octanol–water partition coefficient (Wildman–Crippen LogP) is 2.58. The van der Waals surface area contributed by atoms with Crippen LogP contribution < -0.4 is 11.1 Å². The highest BCUT2D eigenvalue weighted by Gasteiger charge is 2.37. The largest absolute Gasteiger partial charge is 0.324 e. The van der Waals surface area contributed by atoms with E-state index in [1.165, 1.54) is 16.4 Å². The maximum absolute atomic E-state index is 12.7. The first kappa shape index (κ1) is 19.2. The lowest BCUT2D eigenvalue weighted by Gasteiger charge is -2.23. The Morgan fingerprint density at radius 2 is 1.88 bits per heavy atom. The molecule has 0 heterocycles. The number of halogens is 1. The summed E-state index contributed by atoms with van der Waals surface area (Å²) in [7, 11) is -3.71. The molecule has 1 saturated carbocycles. The molecule has 1 aliphatic rings. The van der Waals surface area contributed by atoms with Crippen LogP contribution in [0.2, 0.25) is 5.02 Å². The zero-order chi connectivity index (χ0) is 18.0. The highest BCUT2D eigenvalue weighted by Crippen LogP contribution is 2.31. The van der Waals surface area contributed by atoms with Gasteiger partial charge in [-0.3, -0.25) is 4.79 Å². The zero-order valence-electron chi connectivity index (χ0n) is 14.0. The number of anilines is 1. The van der Waals surface area contributed by atoms with Gasteiger partial charge in [0.2, 0.25) is 15.9 Å². The van der Waals surface area contributed by atoms with Gasteiger partial charge in [-0.05, 0) is 31.0 Å². The molecule has 1 aromatic rings. The number of carbonyl (C=O) groups is 1. The summed E-state index contributed by atoms with van der Waals surface area (Å²) in [6.45, 7) is 4.22. The molecule has 1 aliphatic carbocycles. The van der Waals surface area contributed by atoms with Gasteiger partial charge in [0.25, 0.3) is 0 Å². The molecule has 0 bridgehead atoms. The summed E-state index contributed by atoms with van der Waals surface area (Å²) in [5.74, 6) is -0.284. The van der Waals surface area contributed by atoms with Crippen LogP contribution in [0, 0.1) is 0 Å². The Kier molecular flexibility index (Phi) is 5.91. The van der Waals surface area contributed by atoms with E-state index < -0.39 is 15.6 Å². The van der Waals surface area contributed by atoms with Gasteiger partial charge in [0, 0.05) is 18.8 Å². The molecule has 24 heavy (non-hydrogen) atoms. The van der Waals surface area contributed by atoms with E-state index in [2.05, 4.69) is 5.32 Å². The van der Waals surface area contributed by atoms with Crippen molar-refractivity contribution in [1.82, 2.24) is 4.31 Å². The average molecular weight is 374 g/mol. The van der Waals surface area contributed by atoms with Crippen molar-refractivity contribution in [2.45, 2.75) is 50.0 Å². The molecule has 3 N–H and O–H groups in total. The number of sulfonamides is 1. The van der Waals surface area contributed by atoms with Gasteiger partial charge in [-0.25, -0.2) is 8.42 Å². The smallest absolute Gasteiger partial charge is 0.244 e. The third-order valence-electron chi connectivity index (χ3n) is 4.46. The molecule has 1 amide bonds. The number of rotatable bonds is 6. The van der Waals surface area contributed by atoms with Crippen LogP contribution in [0.5, 0.6) is 0 Å². The van der Waals surface area contributed by atoms with Gasteiger partial charge in [0.05, 0.1) is 10.6 Å². The Morgan fingerprint density at radius 3 is 2.42 bits per heavy atom. The van der Waals surface area contributed by atoms with Gasteiger partial charge in [-0.15, -0.1) is 0 Å². The minimum Gasteiger partial charge on any atom is -0.324 e. The Balaban J connectivity index is 2.30. The van der Waals surface area contributed by atoms with Gasteiger partial charge < -0.3 is 11.1 Å². The summed E-state index contributed by atoms with van der Waals surface area (Å²) >= 11 is 6.09. The van der Waals surface area contributed by atoms with Crippen LogP contribution in [0.4, 0.5) is 5.69 Å². The molecule has 0 unspecified atom stereocenters. The molecule has 0 saturated heterocycles. The first-order chi connectivity index (χ1) is 11.2. The Labute approximate surface area is 148 Å². The fraction of sp³-hybridized carbons (Fsp3) is 0.562. The molecule has 6 nitrogen and oxygen atoms in total. The summed E-state index contributed by atoms with van der Waals surface area (Å²) < 4.78 is 26.7. The number of benzene rings is 1. The van der Waals surface area contributed by atoms with E-state index in [0.717, 1.165) is 12.8 Å². The zero-order valence-corrected chi connectivity index (χ0v) is 15.6. The number of nitrogens with zero attached hydrogens (tertiary/aromatic N) is 1. The van der Waals surface area contributed by atoms with Crippen LogP contribution in [-0.2, 0) is 14.8 Å². The van der Waals surface area contributed by atoms with Crippen molar-refractivity contribution in [3.05, 3.63) is 23.2 Å². The van der Waals surface area contributed by atoms with Gasteiger partial charge in [-0.2, -0.15) is 4.31 Å². The average Bonchev–Trinajstić information content (AvgIpc) is 2.98. The number of nitrogens with two attached hydrogens (primary N) is 1. The number of hydrogen-bond acceptors (Lipinski definition) is 4. The Hall–Kier alpha value is -1.15. The predicted molar refractivity (Wildman–Crippen MR) is 95.6 cm³/mol. The Morgan fingerprint density at radius 1 is 1.29 bits per heavy atom. The standard InChI is InChI=1S/C16H24ClN3O3S/c1-3-20(4-2)24(22,23)14-11-12(7-8-13(14)17)19-15(21)16(18)9-5-6-10-16/h7-8,11H,3-6,9-10,18H2,1-2H3,(H,19,21). The lowest BCUT2D eigenvalue weighted by Crippen LogP contribution is -2.48. The highest BCUT2D eigenvalue weighted by molar-refractivity contribution is 7.89. The third-order valence-corrected chi connectivity index (χ3v) is 6.99. The van der Waals surface area contributed by atoms with Crippen LogP contribution in [0.3, 0.4) is 0 Å². The lowest BCUT2D eigenvalue weighted by atomic mass is 9.98. The van der Waals surface area contributed by atoms with E-state index in [9.17, 15) is 13.2 Å². The van der Waals surface area contributed by atoms with Crippen LogP contribution in [0.25, 0.3) is 0 Å². The van der Waals surface area contributed by atoms with E-state index in [4.69, 9.17) is 17.3 Å². The summed E-state index contributed by atoms with van der Waals surface area (Å²) in [6.07, 6.45) is 3.12. The van der Waals surface area contributed by atoms with Crippen LogP contribution in [-0.4, -0.2) is 37.3 Å². The van der Waals surface area contributed by atoms with Crippen LogP contribution in [0.15, 0.2) is 23.1 Å². The molecule has 0 radical (unpaired) electrons. The lowest BCUT2D eigenvalue weighted by molar-refractivity contribution is -0.121. The monoisotopic (exact) mass is 373 g/mol. The number of hydrogen-bond donors (Lipinski definition) is 2. The molecule has 8 heteroatoms. The normalized spacial score (nSPS) is 17.2. The molecular weight excluding hydrogens is 350 g/mol. The van der Waals surface area contributed by atoms with Crippen molar-refractivity contribution in [2.24, 2.45) is 5.73 Å². The number of nitrogens with one attached hydrogen (secondary N) is 1. The van der Waals surface area contributed by atoms with Crippen molar-refractivity contribution in [1.29, 1.82) is 0 Å². The van der Waals surface area contributed by atoms with Crippen molar-refractivity contribution in [3.63, 3.8) is 0 Å². The number of amides is 1. The molecule has 0 spiro atoms. The van der Waals surface area contributed by atoms with Gasteiger partial charge in [0.15, 0.2) is 0 Å². The molecule has 0 aliphatic heterocycles. The van der Waals surface area contributed by atoms with Gasteiger partial charge >= 0.3 is 0 Å². The van der Waals surface area contributed by atoms with E-state index in [1.54, 1.807) is 19.9 Å². The summed E-state index contributed by atoms with van der Waals surface area (Å²) in [6, 6.07) is 4.46. The van der Waals surface area contributed by atoms with Crippen molar-refractivity contribution < 1.29 is 13.2 Å². The van der Waals surface area contributed by atoms with E-state index in [0.29, 0.717) is 31.6 Å². The van der Waals surface area contributed by atoms with Crippen molar-refractivity contribution in [2.75, 3.05) is 18.4 Å². The van der Waals surface area contributed by atoms with Gasteiger partial charge in [0.1, 0.15) is 4.90 Å². The quantitative estimate of drug-likeness (QED) is 0.801. The van der Waals surface area contributed by atoms with Crippen LogP contribution >= 0.6 is 11.6 Å². The molecule has 2 rings (SSSR count). The molecule has 134 valence electrons. The first-order valence-electron chi connectivity index (χ1n) is 8.14. The molecule has 0 aromatic heterocycles. The summed E-state index contributed by atoms with van der Waals surface area (Å²) in [4.78, 5) is 12.4. The fourth-order valence-electron chi connectivity index (χ4n) is 2.97. The minimum atomic E-state index is -3.71. The second-order valence-electron chi connectivity index (χ2n) is 6.05. The molecular formula is C16H24ClN3O3S. The summed E-state index contributed by atoms with van der Waals surface area (Å²) in [5.41, 5.74) is 5.63. The Bertz CT molecular complexity index is 711. The highest BCUT2D eigenvalue weighted by atomic mass is 35.5. The maximum Gasteiger partial charge on any atom is 0.244 e. The summed E-state index contributed by atoms with van der Waals surface area (Å²) in [5, 5.41) is 2.86. The van der Waals surface area contributed by atoms with Crippen molar-refractivity contribution >= 4 is 33.2 Å². The molecule has 1 aromatic carbocycles. The van der Waals surface area contributed by atoms with E-state index in [1.807, 2.05) is 0 Å². The van der Waals surface area contributed by atoms with E-state index >= 15 is 0 Å². The van der Waals surface area contributed by atoms with Crippen molar-refractivity contribution in [3.8, 4) is 0 Å². The minimum absolute atomic E-state index is 0.0110. The topological polar surface area (TPSA) is 92.5 Å². The SMILES string of the molecule is CCN(CC)S(=O)(=O)c1cc(NC(=O)C2(N)CCCC2)ccc1Cl.